The van der Waals surface area contributed by atoms with Crippen molar-refractivity contribution < 1.29 is 14.3 Å². The van der Waals surface area contributed by atoms with E-state index in [-0.39, 0.29) is 12.5 Å². The van der Waals surface area contributed by atoms with E-state index in [0.717, 1.165) is 11.5 Å². The normalized spacial score (nSPS) is 13.1. The van der Waals surface area contributed by atoms with Gasteiger partial charge in [-0.15, -0.1) is 10.2 Å². The average Bonchev–Trinajstić information content (AvgIpc) is 3.16. The molecule has 0 unspecified atom stereocenters. The number of fused-ring (bicyclic) bond motifs is 1. The smallest absolute Gasteiger partial charge is 0.272 e. The number of benzene rings is 2. The van der Waals surface area contributed by atoms with Gasteiger partial charge in [-0.3, -0.25) is 4.79 Å². The third-order valence-corrected chi connectivity index (χ3v) is 5.03. The van der Waals surface area contributed by atoms with Crippen LogP contribution in [0.3, 0.4) is 0 Å². The number of aromatic nitrogens is 3. The van der Waals surface area contributed by atoms with Crippen LogP contribution in [0.5, 0.6) is 11.5 Å². The van der Waals surface area contributed by atoms with Gasteiger partial charge >= 0.3 is 0 Å². The molecule has 0 atom stereocenters. The van der Waals surface area contributed by atoms with E-state index in [1.54, 1.807) is 28.6 Å². The standard InChI is InChI=1S/C19H18N4O3S/c1-25-15-7-9-16(10-8-15)26-13-17-20-21-19-23(17)22(11-12-27-19)18(24)14-5-3-2-4-6-14/h2-10H,11-13H2,1H3. The molecule has 0 saturated carbocycles. The first kappa shape index (κ1) is 17.4. The van der Waals surface area contributed by atoms with E-state index in [2.05, 4.69) is 10.2 Å². The van der Waals surface area contributed by atoms with Gasteiger partial charge in [0.2, 0.25) is 5.16 Å². The monoisotopic (exact) mass is 382 g/mol. The molecule has 0 saturated heterocycles. The zero-order valence-electron chi connectivity index (χ0n) is 14.7. The van der Waals surface area contributed by atoms with Gasteiger partial charge < -0.3 is 9.47 Å². The van der Waals surface area contributed by atoms with Crippen molar-refractivity contribution in [2.24, 2.45) is 0 Å². The Balaban J connectivity index is 1.55. The van der Waals surface area contributed by atoms with Crippen molar-refractivity contribution in [1.82, 2.24) is 14.9 Å². The Hall–Kier alpha value is -3.00. The first-order valence-electron chi connectivity index (χ1n) is 8.47. The number of amides is 1. The third kappa shape index (κ3) is 3.61. The largest absolute Gasteiger partial charge is 0.497 e. The van der Waals surface area contributed by atoms with Gasteiger partial charge in [0, 0.05) is 11.3 Å². The molecule has 138 valence electrons. The second-order valence-electron chi connectivity index (χ2n) is 5.82. The lowest BCUT2D eigenvalue weighted by molar-refractivity contribution is 0.0952. The van der Waals surface area contributed by atoms with Crippen LogP contribution in [-0.4, -0.2) is 40.2 Å². The molecule has 1 aromatic heterocycles. The van der Waals surface area contributed by atoms with E-state index in [1.807, 2.05) is 54.6 Å². The highest BCUT2D eigenvalue weighted by Gasteiger charge is 2.28. The van der Waals surface area contributed by atoms with Crippen LogP contribution in [0.4, 0.5) is 0 Å². The number of ether oxygens (including phenoxy) is 2. The SMILES string of the molecule is COc1ccc(OCc2nnc3n2N(C(=O)c2ccccc2)CCS3)cc1. The van der Waals surface area contributed by atoms with Gasteiger partial charge in [-0.05, 0) is 36.4 Å². The van der Waals surface area contributed by atoms with E-state index in [9.17, 15) is 4.79 Å². The van der Waals surface area contributed by atoms with E-state index in [0.29, 0.717) is 28.8 Å². The molecule has 0 spiro atoms. The summed E-state index contributed by atoms with van der Waals surface area (Å²) in [4.78, 5) is 12.9. The second-order valence-corrected chi connectivity index (χ2v) is 6.88. The van der Waals surface area contributed by atoms with Gasteiger partial charge in [0.15, 0.2) is 5.82 Å². The molecule has 2 aromatic carbocycles. The van der Waals surface area contributed by atoms with Crippen LogP contribution >= 0.6 is 11.8 Å². The number of hydrogen-bond donors (Lipinski definition) is 0. The number of methoxy groups -OCH3 is 1. The zero-order valence-corrected chi connectivity index (χ0v) is 15.6. The molecule has 27 heavy (non-hydrogen) atoms. The maximum Gasteiger partial charge on any atom is 0.272 e. The first-order valence-corrected chi connectivity index (χ1v) is 9.46. The average molecular weight is 382 g/mol. The van der Waals surface area contributed by atoms with Gasteiger partial charge in [0.05, 0.1) is 13.7 Å². The van der Waals surface area contributed by atoms with Crippen molar-refractivity contribution >= 4 is 17.7 Å². The lowest BCUT2D eigenvalue weighted by Gasteiger charge is -2.29. The van der Waals surface area contributed by atoms with Gasteiger partial charge in [-0.2, -0.15) is 0 Å². The molecule has 2 heterocycles. The minimum absolute atomic E-state index is 0.0809. The fourth-order valence-corrected chi connectivity index (χ4v) is 3.66. The fourth-order valence-electron chi connectivity index (χ4n) is 2.78. The van der Waals surface area contributed by atoms with E-state index in [4.69, 9.17) is 9.47 Å². The van der Waals surface area contributed by atoms with Crippen LogP contribution in [0.25, 0.3) is 0 Å². The van der Waals surface area contributed by atoms with Crippen LogP contribution in [0.1, 0.15) is 16.2 Å². The molecule has 3 aromatic rings. The van der Waals surface area contributed by atoms with Crippen molar-refractivity contribution in [2.75, 3.05) is 24.4 Å². The molecule has 1 amide bonds. The minimum Gasteiger partial charge on any atom is -0.497 e. The molecule has 4 rings (SSSR count). The summed E-state index contributed by atoms with van der Waals surface area (Å²) < 4.78 is 12.7. The van der Waals surface area contributed by atoms with Crippen LogP contribution in [0, 0.1) is 0 Å². The number of nitrogens with zero attached hydrogens (tertiary/aromatic N) is 4. The number of thioether (sulfide) groups is 1. The molecule has 1 aliphatic heterocycles. The summed E-state index contributed by atoms with van der Waals surface area (Å²) in [5.41, 5.74) is 0.631. The Morgan fingerprint density at radius 2 is 1.81 bits per heavy atom. The molecule has 0 aliphatic carbocycles. The number of carbonyl (C=O) groups excluding carboxylic acids is 1. The molecule has 8 heteroatoms. The van der Waals surface area contributed by atoms with Crippen molar-refractivity contribution in [3.8, 4) is 11.5 Å². The lowest BCUT2D eigenvalue weighted by Crippen LogP contribution is -2.45. The highest BCUT2D eigenvalue weighted by molar-refractivity contribution is 7.99. The maximum absolute atomic E-state index is 12.9. The van der Waals surface area contributed by atoms with Crippen LogP contribution < -0.4 is 14.5 Å². The highest BCUT2D eigenvalue weighted by Crippen LogP contribution is 2.24. The van der Waals surface area contributed by atoms with Crippen LogP contribution in [0.2, 0.25) is 0 Å². The summed E-state index contributed by atoms with van der Waals surface area (Å²) in [7, 11) is 1.62. The van der Waals surface area contributed by atoms with Crippen molar-refractivity contribution in [1.29, 1.82) is 0 Å². The maximum atomic E-state index is 12.9. The molecule has 1 aliphatic rings. The van der Waals surface area contributed by atoms with E-state index in [1.165, 1.54) is 0 Å². The van der Waals surface area contributed by atoms with Crippen molar-refractivity contribution in [2.45, 2.75) is 11.8 Å². The third-order valence-electron chi connectivity index (χ3n) is 4.13. The van der Waals surface area contributed by atoms with Crippen LogP contribution in [0.15, 0.2) is 59.8 Å². The molecule has 7 nitrogen and oxygen atoms in total. The Kier molecular flexibility index (Phi) is 4.97. The second kappa shape index (κ2) is 7.71. The Labute approximate surface area is 160 Å². The van der Waals surface area contributed by atoms with E-state index < -0.39 is 0 Å². The van der Waals surface area contributed by atoms with Crippen molar-refractivity contribution in [3.05, 3.63) is 66.0 Å². The van der Waals surface area contributed by atoms with Gasteiger partial charge in [0.25, 0.3) is 5.91 Å². The number of rotatable bonds is 5. The molecular formula is C19H18N4O3S. The summed E-state index contributed by atoms with van der Waals surface area (Å²) in [6.07, 6.45) is 0. The first-order chi connectivity index (χ1) is 13.3. The Morgan fingerprint density at radius 1 is 1.07 bits per heavy atom. The Bertz CT molecular complexity index is 928. The topological polar surface area (TPSA) is 69.5 Å². The van der Waals surface area contributed by atoms with Crippen molar-refractivity contribution in [3.63, 3.8) is 0 Å². The quantitative estimate of drug-likeness (QED) is 0.676. The molecule has 0 radical (unpaired) electrons. The van der Waals surface area contributed by atoms with Gasteiger partial charge in [-0.1, -0.05) is 30.0 Å². The predicted molar refractivity (Wildman–Crippen MR) is 102 cm³/mol. The zero-order chi connectivity index (χ0) is 18.6. The summed E-state index contributed by atoms with van der Waals surface area (Å²) in [5, 5.41) is 10.8. The van der Waals surface area contributed by atoms with Gasteiger partial charge in [0.1, 0.15) is 18.1 Å². The van der Waals surface area contributed by atoms with E-state index >= 15 is 0 Å². The summed E-state index contributed by atoms with van der Waals surface area (Å²) in [5.74, 6) is 2.73. The minimum atomic E-state index is -0.0809. The number of hydrogen-bond acceptors (Lipinski definition) is 6. The van der Waals surface area contributed by atoms with Gasteiger partial charge in [-0.25, -0.2) is 9.69 Å². The summed E-state index contributed by atoms with van der Waals surface area (Å²) in [6, 6.07) is 16.5. The molecule has 0 N–H and O–H groups in total. The lowest BCUT2D eigenvalue weighted by atomic mass is 10.2. The Morgan fingerprint density at radius 3 is 2.56 bits per heavy atom. The fraction of sp³-hybridized carbons (Fsp3) is 0.211. The summed E-state index contributed by atoms with van der Waals surface area (Å²) in [6.45, 7) is 0.789. The molecular weight excluding hydrogens is 364 g/mol. The summed E-state index contributed by atoms with van der Waals surface area (Å²) >= 11 is 1.58. The molecule has 0 bridgehead atoms. The molecule has 0 fully saturated rings. The van der Waals surface area contributed by atoms with Crippen LogP contribution in [-0.2, 0) is 6.61 Å². The number of carbonyl (C=O) groups is 1. The highest BCUT2D eigenvalue weighted by atomic mass is 32.2. The predicted octanol–water partition coefficient (Wildman–Crippen LogP) is 2.75.